The topological polar surface area (TPSA) is 51.0 Å². The summed E-state index contributed by atoms with van der Waals surface area (Å²) in [6.07, 6.45) is 2.38. The highest BCUT2D eigenvalue weighted by Crippen LogP contribution is 2.38. The Morgan fingerprint density at radius 1 is 1.30 bits per heavy atom. The van der Waals surface area contributed by atoms with E-state index in [0.717, 1.165) is 11.0 Å². The van der Waals surface area contributed by atoms with Gasteiger partial charge in [0.05, 0.1) is 5.75 Å². The molecule has 0 spiro atoms. The van der Waals surface area contributed by atoms with Crippen LogP contribution in [0.5, 0.6) is 0 Å². The largest absolute Gasteiger partial charge is 0.341 e. The zero-order chi connectivity index (χ0) is 16.4. The van der Waals surface area contributed by atoms with Crippen molar-refractivity contribution in [1.82, 2.24) is 19.7 Å². The monoisotopic (exact) mass is 330 g/mol. The second-order valence-electron chi connectivity index (χ2n) is 6.10. The smallest absolute Gasteiger partial charge is 0.233 e. The highest BCUT2D eigenvalue weighted by atomic mass is 32.2. The maximum absolute atomic E-state index is 12.4. The predicted octanol–water partition coefficient (Wildman–Crippen LogP) is 2.98. The van der Waals surface area contributed by atoms with E-state index in [9.17, 15) is 4.79 Å². The van der Waals surface area contributed by atoms with E-state index in [2.05, 4.69) is 33.8 Å². The molecule has 1 aliphatic carbocycles. The number of carbonyl (C=O) groups is 1. The molecule has 0 radical (unpaired) electrons. The Bertz CT molecular complexity index is 708. The molecular formula is C17H22N4OS. The van der Waals surface area contributed by atoms with Crippen LogP contribution in [0.1, 0.15) is 35.8 Å². The molecule has 2 aromatic rings. The summed E-state index contributed by atoms with van der Waals surface area (Å²) in [4.78, 5) is 14.2. The zero-order valence-corrected chi connectivity index (χ0v) is 14.6. The van der Waals surface area contributed by atoms with Gasteiger partial charge in [-0.25, -0.2) is 0 Å². The average Bonchev–Trinajstić information content (AvgIpc) is 3.30. The lowest BCUT2D eigenvalue weighted by molar-refractivity contribution is -0.127. The molecule has 0 aliphatic heterocycles. The summed E-state index contributed by atoms with van der Waals surface area (Å²) in [6, 6.07) is 8.70. The van der Waals surface area contributed by atoms with Gasteiger partial charge in [0, 0.05) is 19.6 Å². The quantitative estimate of drug-likeness (QED) is 0.764. The third kappa shape index (κ3) is 3.75. The number of rotatable bonds is 6. The molecule has 3 rings (SSSR count). The normalized spacial score (nSPS) is 14.0. The number of benzene rings is 1. The highest BCUT2D eigenvalue weighted by Gasteiger charge is 2.28. The molecule has 23 heavy (non-hydrogen) atoms. The summed E-state index contributed by atoms with van der Waals surface area (Å²) in [5.41, 5.74) is 2.40. The van der Waals surface area contributed by atoms with Crippen LogP contribution in [0.3, 0.4) is 0 Å². The molecular weight excluding hydrogens is 308 g/mol. The van der Waals surface area contributed by atoms with Crippen molar-refractivity contribution in [3.63, 3.8) is 0 Å². The van der Waals surface area contributed by atoms with Crippen LogP contribution in [-0.2, 0) is 11.3 Å². The summed E-state index contributed by atoms with van der Waals surface area (Å²) in [5.74, 6) is 1.45. The van der Waals surface area contributed by atoms with E-state index in [0.29, 0.717) is 18.3 Å². The van der Waals surface area contributed by atoms with Crippen LogP contribution in [0.25, 0.3) is 0 Å². The first kappa shape index (κ1) is 16.1. The minimum absolute atomic E-state index is 0.112. The van der Waals surface area contributed by atoms with E-state index in [1.807, 2.05) is 26.1 Å². The van der Waals surface area contributed by atoms with Gasteiger partial charge >= 0.3 is 0 Å². The fourth-order valence-electron chi connectivity index (χ4n) is 2.57. The average molecular weight is 330 g/mol. The second-order valence-corrected chi connectivity index (χ2v) is 7.04. The Kier molecular flexibility index (Phi) is 4.71. The fraction of sp³-hybridized carbons (Fsp3) is 0.471. The molecule has 1 amide bonds. The van der Waals surface area contributed by atoms with Crippen LogP contribution >= 0.6 is 11.8 Å². The number of hydrogen-bond acceptors (Lipinski definition) is 4. The summed E-state index contributed by atoms with van der Waals surface area (Å²) < 4.78 is 2.17. The first-order chi connectivity index (χ1) is 11.1. The summed E-state index contributed by atoms with van der Waals surface area (Å²) in [5, 5.41) is 9.22. The Morgan fingerprint density at radius 3 is 2.74 bits per heavy atom. The number of amides is 1. The van der Waals surface area contributed by atoms with Crippen LogP contribution in [0, 0.1) is 13.8 Å². The van der Waals surface area contributed by atoms with Gasteiger partial charge < -0.3 is 9.47 Å². The summed E-state index contributed by atoms with van der Waals surface area (Å²) in [6.45, 7) is 4.69. The van der Waals surface area contributed by atoms with Crippen LogP contribution in [-0.4, -0.2) is 38.4 Å². The molecule has 0 unspecified atom stereocenters. The van der Waals surface area contributed by atoms with Gasteiger partial charge in [-0.15, -0.1) is 10.2 Å². The molecule has 0 atom stereocenters. The SMILES string of the molecule is Cc1ccccc1CN(C)C(=O)CSc1nnc(C)n1C1CC1. The first-order valence-corrected chi connectivity index (χ1v) is 8.87. The van der Waals surface area contributed by atoms with Gasteiger partial charge in [0.2, 0.25) is 5.91 Å². The molecule has 1 aliphatic rings. The number of hydrogen-bond donors (Lipinski definition) is 0. The van der Waals surface area contributed by atoms with Crippen molar-refractivity contribution in [1.29, 1.82) is 0 Å². The predicted molar refractivity (Wildman–Crippen MR) is 91.4 cm³/mol. The maximum Gasteiger partial charge on any atom is 0.233 e. The molecule has 1 saturated carbocycles. The van der Waals surface area contributed by atoms with Crippen LogP contribution < -0.4 is 0 Å². The van der Waals surface area contributed by atoms with E-state index in [4.69, 9.17) is 0 Å². The molecule has 6 heteroatoms. The lowest BCUT2D eigenvalue weighted by Gasteiger charge is -2.18. The summed E-state index contributed by atoms with van der Waals surface area (Å²) >= 11 is 1.49. The standard InChI is InChI=1S/C17H22N4OS/c1-12-6-4-5-7-14(12)10-20(3)16(22)11-23-17-19-18-13(2)21(17)15-8-9-15/h4-7,15H,8-11H2,1-3H3. The maximum atomic E-state index is 12.4. The van der Waals surface area contributed by atoms with Gasteiger partial charge in [0.25, 0.3) is 0 Å². The minimum Gasteiger partial charge on any atom is -0.341 e. The fourth-order valence-corrected chi connectivity index (χ4v) is 3.56. The van der Waals surface area contributed by atoms with Gasteiger partial charge in [-0.2, -0.15) is 0 Å². The molecule has 1 aromatic carbocycles. The highest BCUT2D eigenvalue weighted by molar-refractivity contribution is 7.99. The number of aryl methyl sites for hydroxylation is 2. The second kappa shape index (κ2) is 6.74. The lowest BCUT2D eigenvalue weighted by atomic mass is 10.1. The van der Waals surface area contributed by atoms with E-state index < -0.39 is 0 Å². The lowest BCUT2D eigenvalue weighted by Crippen LogP contribution is -2.28. The van der Waals surface area contributed by atoms with Crippen LogP contribution in [0.4, 0.5) is 0 Å². The van der Waals surface area contributed by atoms with E-state index >= 15 is 0 Å². The minimum atomic E-state index is 0.112. The molecule has 122 valence electrons. The van der Waals surface area contributed by atoms with E-state index in [1.165, 1.54) is 35.7 Å². The van der Waals surface area contributed by atoms with Gasteiger partial charge in [0.15, 0.2) is 5.16 Å². The van der Waals surface area contributed by atoms with Crippen LogP contribution in [0.15, 0.2) is 29.4 Å². The Balaban J connectivity index is 1.58. The number of nitrogens with zero attached hydrogens (tertiary/aromatic N) is 4. The number of thioether (sulfide) groups is 1. The molecule has 1 heterocycles. The zero-order valence-electron chi connectivity index (χ0n) is 13.8. The van der Waals surface area contributed by atoms with Crippen molar-refractivity contribution in [2.75, 3.05) is 12.8 Å². The molecule has 1 aromatic heterocycles. The molecule has 5 nitrogen and oxygen atoms in total. The van der Waals surface area contributed by atoms with Crippen molar-refractivity contribution >= 4 is 17.7 Å². The van der Waals surface area contributed by atoms with E-state index in [1.54, 1.807) is 4.90 Å². The van der Waals surface area contributed by atoms with Crippen molar-refractivity contribution in [3.05, 3.63) is 41.2 Å². The molecule has 0 bridgehead atoms. The molecule has 0 saturated heterocycles. The Labute approximate surface area is 141 Å². The van der Waals surface area contributed by atoms with Gasteiger partial charge in [-0.3, -0.25) is 4.79 Å². The van der Waals surface area contributed by atoms with Crippen molar-refractivity contribution < 1.29 is 4.79 Å². The molecule has 0 N–H and O–H groups in total. The number of aromatic nitrogens is 3. The Morgan fingerprint density at radius 2 is 2.04 bits per heavy atom. The van der Waals surface area contributed by atoms with Crippen molar-refractivity contribution in [2.24, 2.45) is 0 Å². The Hall–Kier alpha value is -1.82. The first-order valence-electron chi connectivity index (χ1n) is 7.89. The third-order valence-corrected chi connectivity index (χ3v) is 5.09. The number of carbonyl (C=O) groups excluding carboxylic acids is 1. The van der Waals surface area contributed by atoms with Crippen molar-refractivity contribution in [3.8, 4) is 0 Å². The van der Waals surface area contributed by atoms with Crippen molar-refractivity contribution in [2.45, 2.75) is 44.4 Å². The van der Waals surface area contributed by atoms with Gasteiger partial charge in [0.1, 0.15) is 5.82 Å². The van der Waals surface area contributed by atoms with Gasteiger partial charge in [-0.1, -0.05) is 36.0 Å². The summed E-state index contributed by atoms with van der Waals surface area (Å²) in [7, 11) is 1.85. The molecule has 1 fully saturated rings. The van der Waals surface area contributed by atoms with Crippen LogP contribution in [0.2, 0.25) is 0 Å². The third-order valence-electron chi connectivity index (χ3n) is 4.17. The van der Waals surface area contributed by atoms with Gasteiger partial charge in [-0.05, 0) is 37.8 Å². The van der Waals surface area contributed by atoms with E-state index in [-0.39, 0.29) is 5.91 Å².